The van der Waals surface area contributed by atoms with Crippen LogP contribution in [0.25, 0.3) is 66.1 Å². The van der Waals surface area contributed by atoms with Gasteiger partial charge in [-0.05, 0) is 121 Å². The van der Waals surface area contributed by atoms with Crippen LogP contribution < -0.4 is 4.90 Å². The molecule has 0 saturated heterocycles. The molecule has 11 rings (SSSR count). The molecule has 0 unspecified atom stereocenters. The summed E-state index contributed by atoms with van der Waals surface area (Å²) in [6, 6.07) is 60.3. The number of hydrogen-bond donors (Lipinski definition) is 0. The first-order valence-electron chi connectivity index (χ1n) is 19.0. The second kappa shape index (κ2) is 11.1. The van der Waals surface area contributed by atoms with Crippen molar-refractivity contribution < 1.29 is 4.42 Å². The van der Waals surface area contributed by atoms with Crippen molar-refractivity contribution in [1.29, 1.82) is 0 Å². The average Bonchev–Trinajstić information content (AvgIpc) is 3.77. The van der Waals surface area contributed by atoms with Gasteiger partial charge < -0.3 is 9.32 Å². The van der Waals surface area contributed by atoms with Crippen LogP contribution in [0.4, 0.5) is 17.1 Å². The van der Waals surface area contributed by atoms with E-state index in [-0.39, 0.29) is 10.8 Å². The summed E-state index contributed by atoms with van der Waals surface area (Å²) < 4.78 is 6.49. The van der Waals surface area contributed by atoms with Crippen molar-refractivity contribution in [3.05, 3.63) is 186 Å². The Kier molecular flexibility index (Phi) is 6.39. The van der Waals surface area contributed by atoms with Gasteiger partial charge in [-0.1, -0.05) is 137 Å². The molecule has 2 nitrogen and oxygen atoms in total. The Hall–Kier alpha value is -6.38. The molecule has 0 N–H and O–H groups in total. The highest BCUT2D eigenvalue weighted by atomic mass is 16.3. The van der Waals surface area contributed by atoms with E-state index in [1.165, 1.54) is 71.8 Å². The van der Waals surface area contributed by atoms with Gasteiger partial charge in [-0.2, -0.15) is 0 Å². The van der Waals surface area contributed by atoms with Crippen molar-refractivity contribution in [3.8, 4) is 33.4 Å². The number of nitrogens with zero attached hydrogens (tertiary/aromatic N) is 1. The van der Waals surface area contributed by atoms with Gasteiger partial charge in [0.15, 0.2) is 0 Å². The lowest BCUT2D eigenvalue weighted by atomic mass is 9.82. The van der Waals surface area contributed by atoms with Gasteiger partial charge in [-0.3, -0.25) is 0 Å². The molecule has 9 aromatic rings. The summed E-state index contributed by atoms with van der Waals surface area (Å²) >= 11 is 0. The van der Waals surface area contributed by atoms with Crippen LogP contribution in [0, 0.1) is 0 Å². The van der Waals surface area contributed by atoms with Crippen LogP contribution in [0.3, 0.4) is 0 Å². The van der Waals surface area contributed by atoms with Crippen molar-refractivity contribution in [3.63, 3.8) is 0 Å². The zero-order valence-corrected chi connectivity index (χ0v) is 30.9. The minimum absolute atomic E-state index is 0.0629. The molecule has 258 valence electrons. The number of furan rings is 1. The van der Waals surface area contributed by atoms with E-state index >= 15 is 0 Å². The maximum absolute atomic E-state index is 6.49. The van der Waals surface area contributed by atoms with Gasteiger partial charge in [-0.25, -0.2) is 0 Å². The first-order valence-corrected chi connectivity index (χ1v) is 19.0. The smallest absolute Gasteiger partial charge is 0.136 e. The molecule has 0 amide bonds. The SMILES string of the molecule is CC1(C)c2ccccc2-c2ccc(N(c3ccc(-c4ccc5oc6ccc7c(c6c5c4)-c4ccccc4C7(C)C)cc3)c3ccc4ccccc4c3)cc21. The Balaban J connectivity index is 1.04. The van der Waals surface area contributed by atoms with E-state index < -0.39 is 0 Å². The molecule has 0 bridgehead atoms. The second-order valence-electron chi connectivity index (χ2n) is 16.2. The Morgan fingerprint density at radius 2 is 1.00 bits per heavy atom. The van der Waals surface area contributed by atoms with Gasteiger partial charge in [0.1, 0.15) is 11.2 Å². The standard InChI is InChI=1S/C52H39NO/c1-51(2)44-16-10-8-14-41(44)49-45(51)26-28-48-50(49)42-30-35(20-27-47(42)54-48)33-17-21-36(22-18-33)53(37-23-19-32-11-5-6-12-34(32)29-37)38-24-25-40-39-13-7-9-15-43(39)52(3,4)46(40)31-38/h5-31H,1-4H3. The summed E-state index contributed by atoms with van der Waals surface area (Å²) in [6.45, 7) is 9.38. The topological polar surface area (TPSA) is 16.4 Å². The minimum atomic E-state index is -0.0886. The van der Waals surface area contributed by atoms with Crippen LogP contribution >= 0.6 is 0 Å². The number of hydrogen-bond acceptors (Lipinski definition) is 2. The molecule has 0 atom stereocenters. The van der Waals surface area contributed by atoms with E-state index in [9.17, 15) is 0 Å². The summed E-state index contributed by atoms with van der Waals surface area (Å²) in [4.78, 5) is 2.41. The zero-order valence-electron chi connectivity index (χ0n) is 30.9. The van der Waals surface area contributed by atoms with Crippen molar-refractivity contribution in [2.75, 3.05) is 4.90 Å². The predicted octanol–water partition coefficient (Wildman–Crippen LogP) is 14.5. The highest BCUT2D eigenvalue weighted by Crippen LogP contribution is 2.54. The minimum Gasteiger partial charge on any atom is -0.456 e. The highest BCUT2D eigenvalue weighted by Gasteiger charge is 2.38. The van der Waals surface area contributed by atoms with Gasteiger partial charge in [-0.15, -0.1) is 0 Å². The van der Waals surface area contributed by atoms with Gasteiger partial charge >= 0.3 is 0 Å². The Bertz CT molecular complexity index is 3000. The molecular formula is C52H39NO. The third-order valence-electron chi connectivity index (χ3n) is 12.5. The van der Waals surface area contributed by atoms with Crippen LogP contribution in [0.2, 0.25) is 0 Å². The molecule has 2 aliphatic rings. The first-order chi connectivity index (χ1) is 26.3. The second-order valence-corrected chi connectivity index (χ2v) is 16.2. The number of rotatable bonds is 4. The van der Waals surface area contributed by atoms with Crippen LogP contribution in [-0.2, 0) is 10.8 Å². The molecule has 2 heteroatoms. The van der Waals surface area contributed by atoms with Crippen molar-refractivity contribution in [2.24, 2.45) is 0 Å². The van der Waals surface area contributed by atoms with E-state index in [1.807, 2.05) is 0 Å². The molecule has 8 aromatic carbocycles. The fourth-order valence-corrected chi connectivity index (χ4v) is 9.64. The van der Waals surface area contributed by atoms with Gasteiger partial charge in [0.25, 0.3) is 0 Å². The van der Waals surface area contributed by atoms with Crippen molar-refractivity contribution >= 4 is 49.8 Å². The van der Waals surface area contributed by atoms with Crippen molar-refractivity contribution in [1.82, 2.24) is 0 Å². The highest BCUT2D eigenvalue weighted by molar-refractivity contribution is 6.15. The van der Waals surface area contributed by atoms with E-state index in [4.69, 9.17) is 4.42 Å². The molecule has 54 heavy (non-hydrogen) atoms. The van der Waals surface area contributed by atoms with Crippen LogP contribution in [-0.4, -0.2) is 0 Å². The summed E-state index contributed by atoms with van der Waals surface area (Å²) in [5, 5.41) is 4.84. The largest absolute Gasteiger partial charge is 0.456 e. The van der Waals surface area contributed by atoms with Crippen LogP contribution in [0.1, 0.15) is 49.9 Å². The Morgan fingerprint density at radius 3 is 1.81 bits per heavy atom. The van der Waals surface area contributed by atoms with Crippen molar-refractivity contribution in [2.45, 2.75) is 38.5 Å². The third-order valence-corrected chi connectivity index (χ3v) is 12.5. The van der Waals surface area contributed by atoms with E-state index in [2.05, 4.69) is 196 Å². The fourth-order valence-electron chi connectivity index (χ4n) is 9.64. The molecule has 1 aromatic heterocycles. The Morgan fingerprint density at radius 1 is 0.407 bits per heavy atom. The fraction of sp³-hybridized carbons (Fsp3) is 0.115. The summed E-state index contributed by atoms with van der Waals surface area (Å²) in [5.41, 5.74) is 18.2. The van der Waals surface area contributed by atoms with E-state index in [0.717, 1.165) is 33.6 Å². The lowest BCUT2D eigenvalue weighted by molar-refractivity contribution is 0.656. The van der Waals surface area contributed by atoms with Crippen LogP contribution in [0.5, 0.6) is 0 Å². The summed E-state index contributed by atoms with van der Waals surface area (Å²) in [5.74, 6) is 0. The summed E-state index contributed by atoms with van der Waals surface area (Å²) in [6.07, 6.45) is 0. The maximum atomic E-state index is 6.49. The molecule has 2 aliphatic carbocycles. The predicted molar refractivity (Wildman–Crippen MR) is 226 cm³/mol. The molecule has 0 spiro atoms. The normalized spacial score (nSPS) is 14.6. The maximum Gasteiger partial charge on any atom is 0.136 e. The van der Waals surface area contributed by atoms with E-state index in [0.29, 0.717) is 0 Å². The third kappa shape index (κ3) is 4.34. The molecule has 0 radical (unpaired) electrons. The molecule has 0 aliphatic heterocycles. The molecule has 1 heterocycles. The average molecular weight is 694 g/mol. The molecule has 0 fully saturated rings. The van der Waals surface area contributed by atoms with Gasteiger partial charge in [0.05, 0.1) is 0 Å². The molecular weight excluding hydrogens is 655 g/mol. The lowest BCUT2D eigenvalue weighted by Gasteiger charge is -2.28. The van der Waals surface area contributed by atoms with Gasteiger partial charge in [0, 0.05) is 38.7 Å². The first kappa shape index (κ1) is 31.2. The quantitative estimate of drug-likeness (QED) is 0.182. The monoisotopic (exact) mass is 693 g/mol. The lowest BCUT2D eigenvalue weighted by Crippen LogP contribution is -2.16. The van der Waals surface area contributed by atoms with E-state index in [1.54, 1.807) is 0 Å². The Labute approximate surface area is 315 Å². The number of benzene rings is 8. The number of fused-ring (bicyclic) bond motifs is 11. The van der Waals surface area contributed by atoms with Gasteiger partial charge in [0.2, 0.25) is 0 Å². The zero-order chi connectivity index (χ0) is 36.3. The molecule has 0 saturated carbocycles. The summed E-state index contributed by atoms with van der Waals surface area (Å²) in [7, 11) is 0. The number of anilines is 3. The van der Waals surface area contributed by atoms with Crippen LogP contribution in [0.15, 0.2) is 168 Å².